The first-order chi connectivity index (χ1) is 9.05. The lowest BCUT2D eigenvalue weighted by molar-refractivity contribution is -0.122. The lowest BCUT2D eigenvalue weighted by Gasteiger charge is -2.28. The third-order valence-corrected chi connectivity index (χ3v) is 4.81. The van der Waals surface area contributed by atoms with Crippen LogP contribution < -0.4 is 5.32 Å². The van der Waals surface area contributed by atoms with Crippen molar-refractivity contribution in [1.82, 2.24) is 5.32 Å². The van der Waals surface area contributed by atoms with E-state index in [2.05, 4.69) is 5.32 Å². The molecule has 8 heteroatoms. The number of halogens is 1. The fourth-order valence-electron chi connectivity index (χ4n) is 1.27. The summed E-state index contributed by atoms with van der Waals surface area (Å²) >= 11 is 8.65. The third-order valence-electron chi connectivity index (χ3n) is 2.42. The van der Waals surface area contributed by atoms with Gasteiger partial charge < -0.3 is 20.6 Å². The normalized spacial score (nSPS) is 11.6. The maximum absolute atomic E-state index is 11.6. The molecular formula is C11H16ClNO4S2. The maximum Gasteiger partial charge on any atom is 0.230 e. The average Bonchev–Trinajstić information content (AvgIpc) is 2.82. The van der Waals surface area contributed by atoms with Crippen LogP contribution in [0.4, 0.5) is 0 Å². The first-order valence-corrected chi connectivity index (χ1v) is 7.86. The van der Waals surface area contributed by atoms with E-state index in [4.69, 9.17) is 26.9 Å². The Bertz CT molecular complexity index is 401. The minimum absolute atomic E-state index is 0.178. The number of aliphatic hydroxyl groups excluding tert-OH is 3. The van der Waals surface area contributed by atoms with Gasteiger partial charge in [-0.25, -0.2) is 0 Å². The molecule has 1 aromatic heterocycles. The Morgan fingerprint density at radius 2 is 1.95 bits per heavy atom. The van der Waals surface area contributed by atoms with E-state index in [0.717, 1.165) is 4.88 Å². The molecule has 0 unspecified atom stereocenters. The van der Waals surface area contributed by atoms with Crippen molar-refractivity contribution in [2.45, 2.75) is 11.3 Å². The first-order valence-electron chi connectivity index (χ1n) is 5.51. The van der Waals surface area contributed by atoms with Crippen LogP contribution in [-0.4, -0.2) is 52.3 Å². The van der Waals surface area contributed by atoms with Gasteiger partial charge in [0.15, 0.2) is 0 Å². The van der Waals surface area contributed by atoms with Gasteiger partial charge in [0.1, 0.15) is 5.54 Å². The molecular weight excluding hydrogens is 310 g/mol. The second-order valence-corrected chi connectivity index (χ2v) is 6.79. The molecule has 19 heavy (non-hydrogen) atoms. The van der Waals surface area contributed by atoms with Gasteiger partial charge in [-0.3, -0.25) is 4.79 Å². The van der Waals surface area contributed by atoms with Gasteiger partial charge in [-0.15, -0.1) is 23.1 Å². The number of nitrogens with one attached hydrogen (secondary N) is 1. The number of thioether (sulfide) groups is 1. The number of amides is 1. The molecule has 0 aromatic carbocycles. The van der Waals surface area contributed by atoms with Crippen molar-refractivity contribution >= 4 is 40.6 Å². The van der Waals surface area contributed by atoms with Gasteiger partial charge in [0.05, 0.1) is 29.9 Å². The number of aliphatic hydroxyl groups is 3. The van der Waals surface area contributed by atoms with Gasteiger partial charge in [-0.2, -0.15) is 0 Å². The standard InChI is InChI=1S/C11H16ClNO4S2/c12-9-2-1-8(19-9)3-18-4-10(17)13-11(5-14,6-15)7-16/h1-2,14-16H,3-7H2,(H,13,17). The molecule has 0 aliphatic carbocycles. The van der Waals surface area contributed by atoms with E-state index in [1.807, 2.05) is 6.07 Å². The maximum atomic E-state index is 11.6. The highest BCUT2D eigenvalue weighted by Crippen LogP contribution is 2.25. The second-order valence-electron chi connectivity index (χ2n) is 4.00. The molecule has 5 nitrogen and oxygen atoms in total. The van der Waals surface area contributed by atoms with Crippen LogP contribution in [0.2, 0.25) is 4.34 Å². The van der Waals surface area contributed by atoms with Gasteiger partial charge in [-0.05, 0) is 12.1 Å². The molecule has 1 rings (SSSR count). The zero-order chi connectivity index (χ0) is 14.3. The molecule has 4 N–H and O–H groups in total. The van der Waals surface area contributed by atoms with Gasteiger partial charge in [0.25, 0.3) is 0 Å². The van der Waals surface area contributed by atoms with Crippen molar-refractivity contribution in [2.24, 2.45) is 0 Å². The molecule has 108 valence electrons. The molecule has 1 amide bonds. The molecule has 0 atom stereocenters. The van der Waals surface area contributed by atoms with Gasteiger partial charge in [-0.1, -0.05) is 11.6 Å². The smallest absolute Gasteiger partial charge is 0.230 e. The Morgan fingerprint density at radius 1 is 1.32 bits per heavy atom. The number of hydrogen-bond donors (Lipinski definition) is 4. The topological polar surface area (TPSA) is 89.8 Å². The van der Waals surface area contributed by atoms with E-state index in [9.17, 15) is 4.79 Å². The highest BCUT2D eigenvalue weighted by molar-refractivity contribution is 7.99. The lowest BCUT2D eigenvalue weighted by atomic mass is 10.0. The van der Waals surface area contributed by atoms with Crippen LogP contribution in [0.15, 0.2) is 12.1 Å². The van der Waals surface area contributed by atoms with Gasteiger partial charge in [0.2, 0.25) is 5.91 Å². The van der Waals surface area contributed by atoms with Crippen LogP contribution in [0, 0.1) is 0 Å². The first kappa shape index (κ1) is 16.7. The summed E-state index contributed by atoms with van der Waals surface area (Å²) < 4.78 is 0.708. The van der Waals surface area contributed by atoms with E-state index in [1.165, 1.54) is 23.1 Å². The van der Waals surface area contributed by atoms with E-state index in [1.54, 1.807) is 6.07 Å². The zero-order valence-electron chi connectivity index (χ0n) is 10.1. The van der Waals surface area contributed by atoms with Crippen LogP contribution >= 0.6 is 34.7 Å². The summed E-state index contributed by atoms with van der Waals surface area (Å²) in [5, 5.41) is 29.7. The Morgan fingerprint density at radius 3 is 2.42 bits per heavy atom. The molecule has 0 bridgehead atoms. The number of carbonyl (C=O) groups excluding carboxylic acids is 1. The quantitative estimate of drug-likeness (QED) is 0.558. The largest absolute Gasteiger partial charge is 0.394 e. The molecule has 0 aliphatic rings. The van der Waals surface area contributed by atoms with Crippen LogP contribution in [0.1, 0.15) is 4.88 Å². The van der Waals surface area contributed by atoms with E-state index in [-0.39, 0.29) is 11.7 Å². The molecule has 1 aromatic rings. The van der Waals surface area contributed by atoms with Crippen LogP contribution in [0.5, 0.6) is 0 Å². The Hall–Kier alpha value is -0.310. The van der Waals surface area contributed by atoms with Crippen LogP contribution in [0.3, 0.4) is 0 Å². The monoisotopic (exact) mass is 325 g/mol. The van der Waals surface area contributed by atoms with E-state index < -0.39 is 25.4 Å². The average molecular weight is 326 g/mol. The number of hydrogen-bond acceptors (Lipinski definition) is 6. The van der Waals surface area contributed by atoms with Gasteiger partial charge >= 0.3 is 0 Å². The predicted molar refractivity (Wildman–Crippen MR) is 77.6 cm³/mol. The minimum Gasteiger partial charge on any atom is -0.394 e. The highest BCUT2D eigenvalue weighted by Gasteiger charge is 2.29. The van der Waals surface area contributed by atoms with Crippen molar-refractivity contribution in [3.63, 3.8) is 0 Å². The summed E-state index contributed by atoms with van der Waals surface area (Å²) in [4.78, 5) is 12.7. The Kier molecular flexibility index (Phi) is 7.12. The molecule has 0 saturated heterocycles. The van der Waals surface area contributed by atoms with Crippen molar-refractivity contribution in [3.8, 4) is 0 Å². The Labute approximate surface area is 124 Å². The minimum atomic E-state index is -1.36. The van der Waals surface area contributed by atoms with Crippen molar-refractivity contribution in [3.05, 3.63) is 21.3 Å². The summed E-state index contributed by atoms with van der Waals surface area (Å²) in [6.07, 6.45) is 0. The zero-order valence-corrected chi connectivity index (χ0v) is 12.5. The van der Waals surface area contributed by atoms with Gasteiger partial charge in [0, 0.05) is 10.6 Å². The fourth-order valence-corrected chi connectivity index (χ4v) is 3.30. The summed E-state index contributed by atoms with van der Waals surface area (Å²) in [5.74, 6) is 0.497. The predicted octanol–water partition coefficient (Wildman–Crippen LogP) is 0.467. The van der Waals surface area contributed by atoms with Crippen molar-refractivity contribution in [1.29, 1.82) is 0 Å². The van der Waals surface area contributed by atoms with Crippen LogP contribution in [0.25, 0.3) is 0 Å². The highest BCUT2D eigenvalue weighted by atomic mass is 35.5. The number of thiophene rings is 1. The SMILES string of the molecule is O=C(CSCc1ccc(Cl)s1)NC(CO)(CO)CO. The fraction of sp³-hybridized carbons (Fsp3) is 0.545. The van der Waals surface area contributed by atoms with E-state index in [0.29, 0.717) is 10.1 Å². The molecule has 0 radical (unpaired) electrons. The molecule has 0 aliphatic heterocycles. The lowest BCUT2D eigenvalue weighted by Crippen LogP contribution is -2.57. The second kappa shape index (κ2) is 8.08. The third kappa shape index (κ3) is 5.29. The van der Waals surface area contributed by atoms with Crippen molar-refractivity contribution in [2.75, 3.05) is 25.6 Å². The summed E-state index contributed by atoms with van der Waals surface area (Å²) in [6, 6.07) is 3.70. The number of carbonyl (C=O) groups is 1. The van der Waals surface area contributed by atoms with Crippen LogP contribution in [-0.2, 0) is 10.5 Å². The molecule has 0 fully saturated rings. The molecule has 0 spiro atoms. The summed E-state index contributed by atoms with van der Waals surface area (Å²) in [6.45, 7) is -1.55. The Balaban J connectivity index is 2.35. The molecule has 1 heterocycles. The summed E-state index contributed by atoms with van der Waals surface area (Å²) in [7, 11) is 0. The molecule has 0 saturated carbocycles. The van der Waals surface area contributed by atoms with E-state index >= 15 is 0 Å². The number of rotatable bonds is 8. The van der Waals surface area contributed by atoms with Crippen molar-refractivity contribution < 1.29 is 20.1 Å². The summed E-state index contributed by atoms with van der Waals surface area (Å²) in [5.41, 5.74) is -1.36.